The first kappa shape index (κ1) is 13.8. The molecule has 0 aromatic carbocycles. The van der Waals surface area contributed by atoms with Crippen LogP contribution in [0.15, 0.2) is 12.1 Å². The summed E-state index contributed by atoms with van der Waals surface area (Å²) in [6.07, 6.45) is 3.87. The summed E-state index contributed by atoms with van der Waals surface area (Å²) < 4.78 is 5.58. The molecule has 1 fully saturated rings. The number of carbonyl (C=O) groups is 1. The number of aromatic carboxylic acids is 1. The number of aromatic nitrogens is 1. The van der Waals surface area contributed by atoms with Gasteiger partial charge in [0.25, 0.3) is 0 Å². The first-order valence-corrected chi connectivity index (χ1v) is 6.73. The highest BCUT2D eigenvalue weighted by Crippen LogP contribution is 2.13. The number of ether oxygens (including phenoxy) is 1. The van der Waals surface area contributed by atoms with Gasteiger partial charge in [0.05, 0.1) is 11.3 Å². The van der Waals surface area contributed by atoms with Gasteiger partial charge in [-0.3, -0.25) is 4.90 Å². The fourth-order valence-electron chi connectivity index (χ4n) is 2.31. The lowest BCUT2D eigenvalue weighted by molar-refractivity contribution is 0.0695. The lowest BCUT2D eigenvalue weighted by Crippen LogP contribution is -2.33. The van der Waals surface area contributed by atoms with Crippen molar-refractivity contribution in [3.05, 3.63) is 23.4 Å². The Morgan fingerprint density at radius 1 is 1.37 bits per heavy atom. The Labute approximate surface area is 113 Å². The van der Waals surface area contributed by atoms with Crippen LogP contribution in [0.25, 0.3) is 0 Å². The quantitative estimate of drug-likeness (QED) is 0.880. The van der Waals surface area contributed by atoms with Crippen LogP contribution in [0.5, 0.6) is 5.88 Å². The van der Waals surface area contributed by atoms with E-state index in [2.05, 4.69) is 9.88 Å². The molecular formula is C14H20N2O3. The highest BCUT2D eigenvalue weighted by atomic mass is 16.5. The number of carboxylic acid groups (broad SMARTS) is 1. The van der Waals surface area contributed by atoms with Gasteiger partial charge in [0, 0.05) is 12.6 Å². The third-order valence-corrected chi connectivity index (χ3v) is 3.40. The minimum Gasteiger partial charge on any atom is -0.478 e. The zero-order chi connectivity index (χ0) is 13.7. The summed E-state index contributed by atoms with van der Waals surface area (Å²) in [6.45, 7) is 5.47. The van der Waals surface area contributed by atoms with Crippen molar-refractivity contribution in [3.8, 4) is 5.88 Å². The van der Waals surface area contributed by atoms with Crippen LogP contribution in [-0.2, 0) is 0 Å². The van der Waals surface area contributed by atoms with Crippen molar-refractivity contribution >= 4 is 5.97 Å². The van der Waals surface area contributed by atoms with Crippen molar-refractivity contribution < 1.29 is 14.6 Å². The maximum Gasteiger partial charge on any atom is 0.337 e. The SMILES string of the molecule is Cc1nc(OCCN2CCCCC2)ccc1C(=O)O. The number of pyridine rings is 1. The van der Waals surface area contributed by atoms with E-state index in [9.17, 15) is 4.79 Å². The van der Waals surface area contributed by atoms with Gasteiger partial charge in [-0.15, -0.1) is 0 Å². The average molecular weight is 264 g/mol. The zero-order valence-corrected chi connectivity index (χ0v) is 11.3. The van der Waals surface area contributed by atoms with Crippen molar-refractivity contribution in [1.29, 1.82) is 0 Å². The molecule has 2 rings (SSSR count). The van der Waals surface area contributed by atoms with Crippen LogP contribution in [0.3, 0.4) is 0 Å². The zero-order valence-electron chi connectivity index (χ0n) is 11.3. The van der Waals surface area contributed by atoms with E-state index in [0.717, 1.165) is 19.6 Å². The van der Waals surface area contributed by atoms with Crippen molar-refractivity contribution in [1.82, 2.24) is 9.88 Å². The Balaban J connectivity index is 1.82. The van der Waals surface area contributed by atoms with E-state index in [-0.39, 0.29) is 5.56 Å². The number of rotatable bonds is 5. The van der Waals surface area contributed by atoms with Crippen LogP contribution in [0.2, 0.25) is 0 Å². The number of nitrogens with zero attached hydrogens (tertiary/aromatic N) is 2. The van der Waals surface area contributed by atoms with Crippen LogP contribution >= 0.6 is 0 Å². The topological polar surface area (TPSA) is 62.7 Å². The summed E-state index contributed by atoms with van der Waals surface area (Å²) in [7, 11) is 0. The number of hydrogen-bond donors (Lipinski definition) is 1. The normalized spacial score (nSPS) is 16.3. The van der Waals surface area contributed by atoms with Gasteiger partial charge in [-0.1, -0.05) is 6.42 Å². The van der Waals surface area contributed by atoms with Gasteiger partial charge in [0.2, 0.25) is 5.88 Å². The van der Waals surface area contributed by atoms with Crippen molar-refractivity contribution in [3.63, 3.8) is 0 Å². The molecule has 0 bridgehead atoms. The highest BCUT2D eigenvalue weighted by molar-refractivity contribution is 5.88. The van der Waals surface area contributed by atoms with E-state index in [4.69, 9.17) is 9.84 Å². The van der Waals surface area contributed by atoms with Gasteiger partial charge in [0.15, 0.2) is 0 Å². The molecule has 104 valence electrons. The molecule has 1 aliphatic rings. The van der Waals surface area contributed by atoms with E-state index >= 15 is 0 Å². The summed E-state index contributed by atoms with van der Waals surface area (Å²) >= 11 is 0. The first-order valence-electron chi connectivity index (χ1n) is 6.73. The minimum atomic E-state index is -0.954. The Bertz CT molecular complexity index is 442. The highest BCUT2D eigenvalue weighted by Gasteiger charge is 2.11. The third-order valence-electron chi connectivity index (χ3n) is 3.40. The van der Waals surface area contributed by atoms with Crippen LogP contribution < -0.4 is 4.74 Å². The fraction of sp³-hybridized carbons (Fsp3) is 0.571. The lowest BCUT2D eigenvalue weighted by Gasteiger charge is -2.26. The van der Waals surface area contributed by atoms with E-state index in [0.29, 0.717) is 18.2 Å². The Kier molecular flexibility index (Phi) is 4.74. The van der Waals surface area contributed by atoms with Gasteiger partial charge in [-0.2, -0.15) is 0 Å². The van der Waals surface area contributed by atoms with Crippen LogP contribution in [0.1, 0.15) is 35.3 Å². The van der Waals surface area contributed by atoms with Crippen LogP contribution in [0.4, 0.5) is 0 Å². The molecule has 0 unspecified atom stereocenters. The molecular weight excluding hydrogens is 244 g/mol. The van der Waals surface area contributed by atoms with Crippen molar-refractivity contribution in [2.75, 3.05) is 26.2 Å². The molecule has 1 aromatic rings. The van der Waals surface area contributed by atoms with Crippen LogP contribution in [0, 0.1) is 6.92 Å². The number of hydrogen-bond acceptors (Lipinski definition) is 4. The summed E-state index contributed by atoms with van der Waals surface area (Å²) in [4.78, 5) is 17.4. The fourth-order valence-corrected chi connectivity index (χ4v) is 2.31. The molecule has 0 atom stereocenters. The number of aryl methyl sites for hydroxylation is 1. The second-order valence-electron chi connectivity index (χ2n) is 4.84. The molecule has 5 heteroatoms. The van der Waals surface area contributed by atoms with Gasteiger partial charge in [-0.25, -0.2) is 9.78 Å². The molecule has 5 nitrogen and oxygen atoms in total. The molecule has 0 aliphatic carbocycles. The Morgan fingerprint density at radius 3 is 2.74 bits per heavy atom. The van der Waals surface area contributed by atoms with E-state index in [1.807, 2.05) is 0 Å². The second kappa shape index (κ2) is 6.52. The lowest BCUT2D eigenvalue weighted by atomic mass is 10.1. The molecule has 1 aliphatic heterocycles. The van der Waals surface area contributed by atoms with Gasteiger partial charge in [0.1, 0.15) is 6.61 Å². The van der Waals surface area contributed by atoms with Gasteiger partial charge < -0.3 is 9.84 Å². The molecule has 1 aromatic heterocycles. The largest absolute Gasteiger partial charge is 0.478 e. The minimum absolute atomic E-state index is 0.225. The smallest absolute Gasteiger partial charge is 0.337 e. The maximum atomic E-state index is 10.9. The molecule has 0 radical (unpaired) electrons. The van der Waals surface area contributed by atoms with Gasteiger partial charge >= 0.3 is 5.97 Å². The Morgan fingerprint density at radius 2 is 2.11 bits per heavy atom. The molecule has 1 saturated heterocycles. The maximum absolute atomic E-state index is 10.9. The monoisotopic (exact) mass is 264 g/mol. The number of carboxylic acids is 1. The summed E-state index contributed by atoms with van der Waals surface area (Å²) in [6, 6.07) is 3.16. The number of likely N-dealkylation sites (tertiary alicyclic amines) is 1. The second-order valence-corrected chi connectivity index (χ2v) is 4.84. The van der Waals surface area contributed by atoms with Gasteiger partial charge in [-0.05, 0) is 38.9 Å². The Hall–Kier alpha value is -1.62. The molecule has 0 spiro atoms. The molecule has 0 amide bonds. The van der Waals surface area contributed by atoms with E-state index in [1.165, 1.54) is 19.3 Å². The molecule has 19 heavy (non-hydrogen) atoms. The molecule has 2 heterocycles. The number of piperidine rings is 1. The summed E-state index contributed by atoms with van der Waals surface area (Å²) in [5.74, 6) is -0.454. The summed E-state index contributed by atoms with van der Waals surface area (Å²) in [5.41, 5.74) is 0.714. The molecule has 0 saturated carbocycles. The molecule has 1 N–H and O–H groups in total. The standard InChI is InChI=1S/C14H20N2O3/c1-11-12(14(17)18)5-6-13(15-11)19-10-9-16-7-3-2-4-8-16/h5-6H,2-4,7-10H2,1H3,(H,17,18). The van der Waals surface area contributed by atoms with E-state index in [1.54, 1.807) is 19.1 Å². The third kappa shape index (κ3) is 3.92. The predicted octanol–water partition coefficient (Wildman–Crippen LogP) is 1.95. The first-order chi connectivity index (χ1) is 9.16. The predicted molar refractivity (Wildman–Crippen MR) is 71.7 cm³/mol. The summed E-state index contributed by atoms with van der Waals surface area (Å²) in [5, 5.41) is 8.92. The van der Waals surface area contributed by atoms with Crippen molar-refractivity contribution in [2.24, 2.45) is 0 Å². The average Bonchev–Trinajstić information content (AvgIpc) is 2.39. The van der Waals surface area contributed by atoms with Crippen LogP contribution in [-0.4, -0.2) is 47.2 Å². The van der Waals surface area contributed by atoms with Crippen molar-refractivity contribution in [2.45, 2.75) is 26.2 Å². The van der Waals surface area contributed by atoms with E-state index < -0.39 is 5.97 Å².